The first-order valence-electron chi connectivity index (χ1n) is 4.24. The zero-order valence-electron chi connectivity index (χ0n) is 7.75. The molecule has 0 spiro atoms. The van der Waals surface area contributed by atoms with Crippen molar-refractivity contribution in [2.45, 2.75) is 6.42 Å². The highest BCUT2D eigenvalue weighted by molar-refractivity contribution is 5.93. The van der Waals surface area contributed by atoms with E-state index >= 15 is 0 Å². The van der Waals surface area contributed by atoms with E-state index in [0.29, 0.717) is 5.56 Å². The smallest absolute Gasteiger partial charge is 0.318 e. The molecule has 3 N–H and O–H groups in total. The molecule has 0 aliphatic carbocycles. The number of carboxylic acids is 2. The number of carboxylic acid groups (broad SMARTS) is 2. The monoisotopic (exact) mass is 210 g/mol. The van der Waals surface area contributed by atoms with E-state index in [1.54, 1.807) is 6.07 Å². The molecule has 0 radical (unpaired) electrons. The maximum Gasteiger partial charge on any atom is 0.318 e. The van der Waals surface area contributed by atoms with Crippen LogP contribution in [0.25, 0.3) is 0 Å². The molecule has 0 saturated heterocycles. The summed E-state index contributed by atoms with van der Waals surface area (Å²) in [6.07, 6.45) is -0.140. The van der Waals surface area contributed by atoms with E-state index in [9.17, 15) is 9.59 Å². The van der Waals surface area contributed by atoms with Crippen LogP contribution < -0.4 is 0 Å². The first kappa shape index (κ1) is 11.0. The second-order valence-electron chi connectivity index (χ2n) is 3.10. The fraction of sp³-hybridized carbons (Fsp3) is 0.200. The highest BCUT2D eigenvalue weighted by Gasteiger charge is 2.25. The minimum absolute atomic E-state index is 0.0120. The van der Waals surface area contributed by atoms with Crippen molar-refractivity contribution in [2.75, 3.05) is 0 Å². The van der Waals surface area contributed by atoms with Gasteiger partial charge in [0, 0.05) is 0 Å². The molecule has 0 heterocycles. The molecule has 0 unspecified atom stereocenters. The highest BCUT2D eigenvalue weighted by Crippen LogP contribution is 2.15. The van der Waals surface area contributed by atoms with Gasteiger partial charge in [0.25, 0.3) is 0 Å². The molecule has 0 aromatic heterocycles. The molecule has 1 rings (SSSR count). The number of aromatic hydroxyl groups is 1. The number of phenols is 1. The Kier molecular flexibility index (Phi) is 3.28. The number of aliphatic carboxylic acids is 2. The summed E-state index contributed by atoms with van der Waals surface area (Å²) < 4.78 is 0. The quantitative estimate of drug-likeness (QED) is 0.636. The molecule has 5 nitrogen and oxygen atoms in total. The lowest BCUT2D eigenvalue weighted by Crippen LogP contribution is -2.25. The second-order valence-corrected chi connectivity index (χ2v) is 3.10. The molecule has 0 fully saturated rings. The van der Waals surface area contributed by atoms with E-state index in [2.05, 4.69) is 0 Å². The average molecular weight is 210 g/mol. The lowest BCUT2D eigenvalue weighted by atomic mass is 9.99. The van der Waals surface area contributed by atoms with Crippen molar-refractivity contribution in [2.24, 2.45) is 5.92 Å². The summed E-state index contributed by atoms with van der Waals surface area (Å²) in [5.74, 6) is -4.26. The summed E-state index contributed by atoms with van der Waals surface area (Å²) in [6.45, 7) is 0. The zero-order valence-corrected chi connectivity index (χ0v) is 7.75. The van der Waals surface area contributed by atoms with Crippen molar-refractivity contribution in [1.29, 1.82) is 0 Å². The van der Waals surface area contributed by atoms with Gasteiger partial charge >= 0.3 is 11.9 Å². The van der Waals surface area contributed by atoms with Crippen LogP contribution in [0.15, 0.2) is 24.3 Å². The summed E-state index contributed by atoms with van der Waals surface area (Å²) >= 11 is 0. The van der Waals surface area contributed by atoms with Crippen LogP contribution in [0.4, 0.5) is 0 Å². The standard InChI is InChI=1S/C10H10O5/c11-7-3-1-2-6(4-7)5-8(9(12)13)10(14)15/h1-4,8,11H,5H2,(H,12,13)(H,14,15). The van der Waals surface area contributed by atoms with Gasteiger partial charge in [0.2, 0.25) is 0 Å². The molecular formula is C10H10O5. The SMILES string of the molecule is O=C(O)C(Cc1cccc(O)c1)C(=O)O. The Hall–Kier alpha value is -2.04. The Bertz CT molecular complexity index is 371. The van der Waals surface area contributed by atoms with Gasteiger partial charge in [-0.3, -0.25) is 9.59 Å². The van der Waals surface area contributed by atoms with Gasteiger partial charge in [0.15, 0.2) is 5.92 Å². The maximum absolute atomic E-state index is 10.6. The number of phenolic OH excluding ortho intramolecular Hbond substituents is 1. The molecule has 5 heteroatoms. The van der Waals surface area contributed by atoms with E-state index in [1.165, 1.54) is 18.2 Å². The highest BCUT2D eigenvalue weighted by atomic mass is 16.4. The Morgan fingerprint density at radius 2 is 1.80 bits per heavy atom. The number of hydrogen-bond donors (Lipinski definition) is 3. The predicted molar refractivity (Wildman–Crippen MR) is 50.6 cm³/mol. The minimum atomic E-state index is -1.48. The summed E-state index contributed by atoms with van der Waals surface area (Å²) in [5, 5.41) is 26.4. The number of rotatable bonds is 4. The molecule has 15 heavy (non-hydrogen) atoms. The number of carbonyl (C=O) groups is 2. The van der Waals surface area contributed by atoms with Crippen LogP contribution in [0.2, 0.25) is 0 Å². The third kappa shape index (κ3) is 2.98. The molecule has 0 aliphatic heterocycles. The van der Waals surface area contributed by atoms with Crippen LogP contribution in [-0.4, -0.2) is 27.3 Å². The first-order chi connectivity index (χ1) is 7.00. The lowest BCUT2D eigenvalue weighted by Gasteiger charge is -2.07. The van der Waals surface area contributed by atoms with Gasteiger partial charge in [0.1, 0.15) is 5.75 Å². The van der Waals surface area contributed by atoms with Gasteiger partial charge in [0.05, 0.1) is 0 Å². The fourth-order valence-corrected chi connectivity index (χ4v) is 1.20. The van der Waals surface area contributed by atoms with Crippen LogP contribution in [0.3, 0.4) is 0 Å². The number of hydrogen-bond acceptors (Lipinski definition) is 3. The molecule has 0 bridgehead atoms. The normalized spacial score (nSPS) is 10.2. The van der Waals surface area contributed by atoms with Crippen LogP contribution in [0, 0.1) is 5.92 Å². The van der Waals surface area contributed by atoms with Crippen LogP contribution in [-0.2, 0) is 16.0 Å². The van der Waals surface area contributed by atoms with E-state index < -0.39 is 17.9 Å². The van der Waals surface area contributed by atoms with Crippen LogP contribution in [0.5, 0.6) is 5.75 Å². The third-order valence-corrected chi connectivity index (χ3v) is 1.95. The van der Waals surface area contributed by atoms with Crippen molar-refractivity contribution < 1.29 is 24.9 Å². The first-order valence-corrected chi connectivity index (χ1v) is 4.24. The van der Waals surface area contributed by atoms with Crippen molar-refractivity contribution in [3.8, 4) is 5.75 Å². The summed E-state index contributed by atoms with van der Waals surface area (Å²) in [5.41, 5.74) is 0.477. The Morgan fingerprint density at radius 3 is 2.27 bits per heavy atom. The van der Waals surface area contributed by atoms with Crippen molar-refractivity contribution >= 4 is 11.9 Å². The molecule has 0 saturated carbocycles. The summed E-state index contributed by atoms with van der Waals surface area (Å²) in [4.78, 5) is 21.2. The predicted octanol–water partition coefficient (Wildman–Crippen LogP) is 0.720. The number of benzene rings is 1. The Balaban J connectivity index is 2.83. The van der Waals surface area contributed by atoms with Crippen molar-refractivity contribution in [3.63, 3.8) is 0 Å². The van der Waals surface area contributed by atoms with Crippen molar-refractivity contribution in [3.05, 3.63) is 29.8 Å². The average Bonchev–Trinajstić information content (AvgIpc) is 2.13. The zero-order chi connectivity index (χ0) is 11.4. The van der Waals surface area contributed by atoms with E-state index in [-0.39, 0.29) is 12.2 Å². The molecule has 1 aromatic carbocycles. The minimum Gasteiger partial charge on any atom is -0.508 e. The molecule has 1 aromatic rings. The Labute approximate surface area is 85.6 Å². The maximum atomic E-state index is 10.6. The molecule has 0 amide bonds. The van der Waals surface area contributed by atoms with Gasteiger partial charge in [-0.2, -0.15) is 0 Å². The van der Waals surface area contributed by atoms with Gasteiger partial charge < -0.3 is 15.3 Å². The van der Waals surface area contributed by atoms with E-state index in [0.717, 1.165) is 0 Å². The summed E-state index contributed by atoms with van der Waals surface area (Å²) in [7, 11) is 0. The van der Waals surface area contributed by atoms with Crippen LogP contribution >= 0.6 is 0 Å². The summed E-state index contributed by atoms with van der Waals surface area (Å²) in [6, 6.07) is 5.88. The van der Waals surface area contributed by atoms with Gasteiger partial charge in [-0.25, -0.2) is 0 Å². The second kappa shape index (κ2) is 4.45. The van der Waals surface area contributed by atoms with Gasteiger partial charge in [-0.05, 0) is 24.1 Å². The van der Waals surface area contributed by atoms with Gasteiger partial charge in [-0.15, -0.1) is 0 Å². The molecule has 0 atom stereocenters. The largest absolute Gasteiger partial charge is 0.508 e. The third-order valence-electron chi connectivity index (χ3n) is 1.95. The van der Waals surface area contributed by atoms with E-state index in [4.69, 9.17) is 15.3 Å². The van der Waals surface area contributed by atoms with Crippen molar-refractivity contribution in [1.82, 2.24) is 0 Å². The van der Waals surface area contributed by atoms with E-state index in [1.807, 2.05) is 0 Å². The lowest BCUT2D eigenvalue weighted by molar-refractivity contribution is -0.154. The topological polar surface area (TPSA) is 94.8 Å². The molecular weight excluding hydrogens is 200 g/mol. The molecule has 80 valence electrons. The Morgan fingerprint density at radius 1 is 1.20 bits per heavy atom. The molecule has 0 aliphatic rings. The fourth-order valence-electron chi connectivity index (χ4n) is 1.20. The van der Waals surface area contributed by atoms with Crippen LogP contribution in [0.1, 0.15) is 5.56 Å². The van der Waals surface area contributed by atoms with Gasteiger partial charge in [-0.1, -0.05) is 12.1 Å².